The van der Waals surface area contributed by atoms with Crippen LogP contribution >= 0.6 is 0 Å². The average Bonchev–Trinajstić information content (AvgIpc) is 2.00. The summed E-state index contributed by atoms with van der Waals surface area (Å²) < 4.78 is 0. The highest BCUT2D eigenvalue weighted by atomic mass is 16.1. The lowest BCUT2D eigenvalue weighted by molar-refractivity contribution is -0.132. The van der Waals surface area contributed by atoms with Gasteiger partial charge >= 0.3 is 0 Å². The number of ketones is 2. The van der Waals surface area contributed by atoms with E-state index < -0.39 is 0 Å². The minimum atomic E-state index is -0.139. The summed E-state index contributed by atoms with van der Waals surface area (Å²) in [6.07, 6.45) is 0. The van der Waals surface area contributed by atoms with Gasteiger partial charge in [-0.25, -0.2) is 0 Å². The lowest BCUT2D eigenvalue weighted by Crippen LogP contribution is -2.27. The summed E-state index contributed by atoms with van der Waals surface area (Å²) in [6.45, 7) is 8.91. The van der Waals surface area contributed by atoms with E-state index in [1.165, 1.54) is 6.92 Å². The maximum Gasteiger partial charge on any atom is 0.138 e. The summed E-state index contributed by atoms with van der Waals surface area (Å²) in [5.74, 6) is 0.0263. The van der Waals surface area contributed by atoms with Crippen LogP contribution in [0.2, 0.25) is 0 Å². The predicted octanol–water partition coefficient (Wildman–Crippen LogP) is 2.07. The molecule has 0 amide bonds. The molecule has 2 nitrogen and oxygen atoms in total. The highest BCUT2D eigenvalue weighted by Crippen LogP contribution is 2.16. The number of rotatable bonds is 4. The van der Waals surface area contributed by atoms with Crippen LogP contribution in [0.3, 0.4) is 0 Å². The van der Waals surface area contributed by atoms with E-state index in [0.717, 1.165) is 0 Å². The molecule has 12 heavy (non-hydrogen) atoms. The Hall–Kier alpha value is -0.660. The van der Waals surface area contributed by atoms with Gasteiger partial charge in [0.2, 0.25) is 0 Å². The van der Waals surface area contributed by atoms with Gasteiger partial charge in [-0.05, 0) is 6.92 Å². The second-order valence-electron chi connectivity index (χ2n) is 3.75. The van der Waals surface area contributed by atoms with Crippen molar-refractivity contribution in [3.05, 3.63) is 0 Å². The number of carbonyl (C=O) groups excluding carboxylic acids is 2. The van der Waals surface area contributed by atoms with Crippen LogP contribution in [0.15, 0.2) is 0 Å². The minimum Gasteiger partial charge on any atom is -0.300 e. The zero-order chi connectivity index (χ0) is 9.89. The molecule has 0 aromatic carbocycles. The molecule has 0 aromatic rings. The van der Waals surface area contributed by atoms with E-state index in [-0.39, 0.29) is 29.3 Å². The smallest absolute Gasteiger partial charge is 0.138 e. The van der Waals surface area contributed by atoms with Gasteiger partial charge in [0, 0.05) is 17.8 Å². The quantitative estimate of drug-likeness (QED) is 0.647. The van der Waals surface area contributed by atoms with E-state index in [4.69, 9.17) is 0 Å². The highest BCUT2D eigenvalue weighted by Gasteiger charge is 2.24. The number of carbonyl (C=O) groups is 2. The summed E-state index contributed by atoms with van der Waals surface area (Å²) in [6, 6.07) is 0. The third-order valence-electron chi connectivity index (χ3n) is 2.41. The van der Waals surface area contributed by atoms with Crippen LogP contribution in [-0.4, -0.2) is 11.6 Å². The van der Waals surface area contributed by atoms with Crippen molar-refractivity contribution in [1.82, 2.24) is 0 Å². The van der Waals surface area contributed by atoms with Crippen molar-refractivity contribution in [2.75, 3.05) is 0 Å². The van der Waals surface area contributed by atoms with Crippen LogP contribution < -0.4 is 0 Å². The first kappa shape index (κ1) is 11.3. The van der Waals surface area contributed by atoms with Crippen molar-refractivity contribution >= 4 is 11.6 Å². The second kappa shape index (κ2) is 4.39. The Bertz CT molecular complexity index is 182. The summed E-state index contributed by atoms with van der Waals surface area (Å²) in [5.41, 5.74) is 0. The Morgan fingerprint density at radius 3 is 1.58 bits per heavy atom. The van der Waals surface area contributed by atoms with Crippen molar-refractivity contribution in [3.8, 4) is 0 Å². The lowest BCUT2D eigenvalue weighted by atomic mass is 9.85. The Morgan fingerprint density at radius 2 is 1.33 bits per heavy atom. The van der Waals surface area contributed by atoms with Crippen LogP contribution in [-0.2, 0) is 9.59 Å². The molecule has 70 valence electrons. The largest absolute Gasteiger partial charge is 0.300 e. The van der Waals surface area contributed by atoms with E-state index in [0.29, 0.717) is 0 Å². The van der Waals surface area contributed by atoms with E-state index in [2.05, 4.69) is 0 Å². The Kier molecular flexibility index (Phi) is 4.15. The highest BCUT2D eigenvalue weighted by molar-refractivity contribution is 5.89. The Labute approximate surface area is 74.3 Å². The molecule has 0 bridgehead atoms. The summed E-state index contributed by atoms with van der Waals surface area (Å²) in [7, 11) is 0. The molecular formula is C10H18O2. The van der Waals surface area contributed by atoms with Crippen LogP contribution in [0.4, 0.5) is 0 Å². The van der Waals surface area contributed by atoms with Gasteiger partial charge in [-0.3, -0.25) is 9.59 Å². The van der Waals surface area contributed by atoms with E-state index in [9.17, 15) is 9.59 Å². The molecule has 0 aliphatic rings. The third kappa shape index (κ3) is 2.76. The zero-order valence-electron chi connectivity index (χ0n) is 8.55. The molecule has 0 radical (unpaired) electrons. The van der Waals surface area contributed by atoms with Gasteiger partial charge in [0.1, 0.15) is 11.6 Å². The molecule has 2 atom stereocenters. The molecule has 0 rings (SSSR count). The topological polar surface area (TPSA) is 34.1 Å². The van der Waals surface area contributed by atoms with Crippen LogP contribution in [0.25, 0.3) is 0 Å². The molecule has 0 aromatic heterocycles. The first-order valence-corrected chi connectivity index (χ1v) is 4.42. The third-order valence-corrected chi connectivity index (χ3v) is 2.41. The van der Waals surface area contributed by atoms with Gasteiger partial charge in [0.05, 0.1) is 0 Å². The molecule has 0 heterocycles. The zero-order valence-corrected chi connectivity index (χ0v) is 8.55. The Morgan fingerprint density at radius 1 is 0.917 bits per heavy atom. The monoisotopic (exact) mass is 170 g/mol. The number of hydrogen-bond donors (Lipinski definition) is 0. The van der Waals surface area contributed by atoms with Crippen molar-refractivity contribution in [1.29, 1.82) is 0 Å². The van der Waals surface area contributed by atoms with Gasteiger partial charge in [-0.2, -0.15) is 0 Å². The van der Waals surface area contributed by atoms with Crippen molar-refractivity contribution in [2.24, 2.45) is 17.8 Å². The standard InChI is InChI=1S/C10H18O2/c1-6(2)10(12)8(4)7(3)9(5)11/h6-8H,1-5H3. The maximum atomic E-state index is 11.4. The van der Waals surface area contributed by atoms with E-state index in [1.54, 1.807) is 0 Å². The summed E-state index contributed by atoms with van der Waals surface area (Å²) >= 11 is 0. The van der Waals surface area contributed by atoms with Crippen molar-refractivity contribution in [3.63, 3.8) is 0 Å². The van der Waals surface area contributed by atoms with Crippen LogP contribution in [0.5, 0.6) is 0 Å². The fourth-order valence-corrected chi connectivity index (χ4v) is 1.12. The van der Waals surface area contributed by atoms with E-state index >= 15 is 0 Å². The molecule has 0 N–H and O–H groups in total. The molecule has 0 aliphatic carbocycles. The van der Waals surface area contributed by atoms with Gasteiger partial charge in [-0.1, -0.05) is 27.7 Å². The van der Waals surface area contributed by atoms with Crippen molar-refractivity contribution in [2.45, 2.75) is 34.6 Å². The normalized spacial score (nSPS) is 15.8. The first-order chi connectivity index (χ1) is 5.37. The van der Waals surface area contributed by atoms with E-state index in [1.807, 2.05) is 27.7 Å². The second-order valence-corrected chi connectivity index (χ2v) is 3.75. The molecule has 0 spiro atoms. The van der Waals surface area contributed by atoms with Crippen LogP contribution in [0.1, 0.15) is 34.6 Å². The van der Waals surface area contributed by atoms with Crippen molar-refractivity contribution < 1.29 is 9.59 Å². The van der Waals surface area contributed by atoms with Gasteiger partial charge in [-0.15, -0.1) is 0 Å². The van der Waals surface area contributed by atoms with Crippen LogP contribution in [0, 0.1) is 17.8 Å². The Balaban J connectivity index is 4.29. The fraction of sp³-hybridized carbons (Fsp3) is 0.800. The molecular weight excluding hydrogens is 152 g/mol. The maximum absolute atomic E-state index is 11.4. The molecule has 0 aliphatic heterocycles. The SMILES string of the molecule is CC(=O)C(C)C(C)C(=O)C(C)C. The average molecular weight is 170 g/mol. The minimum absolute atomic E-state index is 0.0294. The fourth-order valence-electron chi connectivity index (χ4n) is 1.12. The first-order valence-electron chi connectivity index (χ1n) is 4.42. The number of Topliss-reactive ketones (excluding diaryl/α,β-unsaturated/α-hetero) is 2. The summed E-state index contributed by atoms with van der Waals surface area (Å²) in [5, 5.41) is 0. The molecule has 0 saturated heterocycles. The molecule has 0 saturated carbocycles. The number of hydrogen-bond acceptors (Lipinski definition) is 2. The summed E-state index contributed by atoms with van der Waals surface area (Å²) in [4.78, 5) is 22.4. The molecule has 0 fully saturated rings. The predicted molar refractivity (Wildman–Crippen MR) is 48.9 cm³/mol. The molecule has 2 unspecified atom stereocenters. The lowest BCUT2D eigenvalue weighted by Gasteiger charge is -2.17. The van der Waals surface area contributed by atoms with Gasteiger partial charge < -0.3 is 0 Å². The molecule has 2 heteroatoms. The van der Waals surface area contributed by atoms with Gasteiger partial charge in [0.25, 0.3) is 0 Å². The van der Waals surface area contributed by atoms with Gasteiger partial charge in [0.15, 0.2) is 0 Å².